The van der Waals surface area contributed by atoms with Crippen LogP contribution in [0.25, 0.3) is 0 Å². The molecule has 0 aromatic rings. The second kappa shape index (κ2) is 5.64. The maximum absolute atomic E-state index is 2.53. The van der Waals surface area contributed by atoms with Gasteiger partial charge in [-0.2, -0.15) is 0 Å². The molecular weight excluding hydrogens is 158 g/mol. The Morgan fingerprint density at radius 3 is 2.00 bits per heavy atom. The predicted molar refractivity (Wildman–Crippen MR) is 61.1 cm³/mol. The molecule has 0 aromatic carbocycles. The molecule has 0 saturated carbocycles. The third-order valence-electron chi connectivity index (χ3n) is 3.43. The molecule has 1 unspecified atom stereocenters. The molecule has 0 saturated heterocycles. The second-order valence-corrected chi connectivity index (χ2v) is 4.68. The molecule has 80 valence electrons. The van der Waals surface area contributed by atoms with Gasteiger partial charge in [0.05, 0.1) is 0 Å². The first kappa shape index (κ1) is 13.0. The van der Waals surface area contributed by atoms with Crippen LogP contribution in [0, 0.1) is 5.92 Å². The molecule has 0 aromatic heterocycles. The lowest BCUT2D eigenvalue weighted by atomic mass is 9.83. The summed E-state index contributed by atoms with van der Waals surface area (Å²) in [5.74, 6) is 0.740. The quantitative estimate of drug-likeness (QED) is 0.612. The Kier molecular flexibility index (Phi) is 5.62. The lowest BCUT2D eigenvalue weighted by molar-refractivity contribution is 0.0769. The van der Waals surface area contributed by atoms with Gasteiger partial charge in [0.15, 0.2) is 0 Å². The monoisotopic (exact) mass is 185 g/mol. The Bertz CT molecular complexity index is 131. The van der Waals surface area contributed by atoms with Crippen LogP contribution >= 0.6 is 0 Å². The van der Waals surface area contributed by atoms with Crippen molar-refractivity contribution < 1.29 is 0 Å². The average molecular weight is 185 g/mol. The van der Waals surface area contributed by atoms with E-state index in [1.54, 1.807) is 0 Å². The van der Waals surface area contributed by atoms with Crippen LogP contribution in [-0.4, -0.2) is 24.0 Å². The van der Waals surface area contributed by atoms with Crippen molar-refractivity contribution in [1.29, 1.82) is 0 Å². The summed E-state index contributed by atoms with van der Waals surface area (Å²) >= 11 is 0. The molecule has 0 N–H and O–H groups in total. The zero-order valence-electron chi connectivity index (χ0n) is 10.4. The van der Waals surface area contributed by atoms with E-state index in [9.17, 15) is 0 Å². The minimum atomic E-state index is 0.394. The van der Waals surface area contributed by atoms with Gasteiger partial charge in [0.2, 0.25) is 0 Å². The molecule has 0 amide bonds. The summed E-state index contributed by atoms with van der Waals surface area (Å²) in [6, 6.07) is 0. The fraction of sp³-hybridized carbons (Fsp3) is 1.00. The number of hydrogen-bond donors (Lipinski definition) is 0. The standard InChI is InChI=1S/C12H27N/c1-7-9-12(5,11(3)4)13(6)10-8-2/h11H,7-10H2,1-6H3. The van der Waals surface area contributed by atoms with Gasteiger partial charge in [-0.05, 0) is 39.3 Å². The minimum absolute atomic E-state index is 0.394. The van der Waals surface area contributed by atoms with Gasteiger partial charge < -0.3 is 4.90 Å². The smallest absolute Gasteiger partial charge is 0.0201 e. The summed E-state index contributed by atoms with van der Waals surface area (Å²) in [6.07, 6.45) is 3.84. The maximum atomic E-state index is 2.53. The fourth-order valence-electron chi connectivity index (χ4n) is 2.02. The number of hydrogen-bond acceptors (Lipinski definition) is 1. The zero-order chi connectivity index (χ0) is 10.5. The van der Waals surface area contributed by atoms with Crippen LogP contribution in [0.4, 0.5) is 0 Å². The van der Waals surface area contributed by atoms with Crippen molar-refractivity contribution in [3.05, 3.63) is 0 Å². The van der Waals surface area contributed by atoms with Gasteiger partial charge in [-0.1, -0.05) is 34.1 Å². The average Bonchev–Trinajstić information content (AvgIpc) is 2.04. The molecule has 0 aliphatic carbocycles. The van der Waals surface area contributed by atoms with Crippen LogP contribution in [0.5, 0.6) is 0 Å². The molecule has 0 fully saturated rings. The van der Waals surface area contributed by atoms with Crippen LogP contribution in [0.2, 0.25) is 0 Å². The molecule has 0 radical (unpaired) electrons. The van der Waals surface area contributed by atoms with Crippen LogP contribution in [-0.2, 0) is 0 Å². The highest BCUT2D eigenvalue weighted by molar-refractivity contribution is 4.86. The predicted octanol–water partition coefficient (Wildman–Crippen LogP) is 3.54. The van der Waals surface area contributed by atoms with Crippen molar-refractivity contribution in [2.75, 3.05) is 13.6 Å². The Morgan fingerprint density at radius 2 is 1.69 bits per heavy atom. The normalized spacial score (nSPS) is 16.6. The van der Waals surface area contributed by atoms with Gasteiger partial charge in [0.1, 0.15) is 0 Å². The first-order chi connectivity index (χ1) is 5.99. The summed E-state index contributed by atoms with van der Waals surface area (Å²) in [5, 5.41) is 0. The molecule has 0 aliphatic rings. The highest BCUT2D eigenvalue weighted by Gasteiger charge is 2.30. The molecule has 1 heteroatoms. The van der Waals surface area contributed by atoms with Crippen molar-refractivity contribution >= 4 is 0 Å². The van der Waals surface area contributed by atoms with Crippen molar-refractivity contribution in [1.82, 2.24) is 4.90 Å². The molecule has 1 nitrogen and oxygen atoms in total. The van der Waals surface area contributed by atoms with E-state index >= 15 is 0 Å². The first-order valence-electron chi connectivity index (χ1n) is 5.70. The molecule has 0 rings (SSSR count). The van der Waals surface area contributed by atoms with Crippen molar-refractivity contribution in [3.63, 3.8) is 0 Å². The van der Waals surface area contributed by atoms with E-state index in [-0.39, 0.29) is 0 Å². The molecule has 0 aliphatic heterocycles. The van der Waals surface area contributed by atoms with Crippen LogP contribution in [0.3, 0.4) is 0 Å². The van der Waals surface area contributed by atoms with Gasteiger partial charge >= 0.3 is 0 Å². The third-order valence-corrected chi connectivity index (χ3v) is 3.43. The number of nitrogens with zero attached hydrogens (tertiary/aromatic N) is 1. The summed E-state index contributed by atoms with van der Waals surface area (Å²) in [6.45, 7) is 12.8. The Morgan fingerprint density at radius 1 is 1.15 bits per heavy atom. The Labute approximate surface area is 84.5 Å². The third kappa shape index (κ3) is 3.30. The summed E-state index contributed by atoms with van der Waals surface area (Å²) < 4.78 is 0. The van der Waals surface area contributed by atoms with E-state index in [2.05, 4.69) is 46.6 Å². The van der Waals surface area contributed by atoms with E-state index in [1.165, 1.54) is 25.8 Å². The molecular formula is C12H27N. The molecule has 13 heavy (non-hydrogen) atoms. The summed E-state index contributed by atoms with van der Waals surface area (Å²) in [4.78, 5) is 2.53. The van der Waals surface area contributed by atoms with Gasteiger partial charge in [-0.3, -0.25) is 0 Å². The second-order valence-electron chi connectivity index (χ2n) is 4.68. The summed E-state index contributed by atoms with van der Waals surface area (Å²) in [5.41, 5.74) is 0.394. The van der Waals surface area contributed by atoms with Crippen LogP contribution in [0.15, 0.2) is 0 Å². The highest BCUT2D eigenvalue weighted by Crippen LogP contribution is 2.28. The zero-order valence-corrected chi connectivity index (χ0v) is 10.4. The highest BCUT2D eigenvalue weighted by atomic mass is 15.2. The van der Waals surface area contributed by atoms with Gasteiger partial charge in [0.25, 0.3) is 0 Å². The van der Waals surface area contributed by atoms with Gasteiger partial charge in [0, 0.05) is 5.54 Å². The fourth-order valence-corrected chi connectivity index (χ4v) is 2.02. The van der Waals surface area contributed by atoms with Gasteiger partial charge in [-0.25, -0.2) is 0 Å². The Hall–Kier alpha value is -0.0400. The topological polar surface area (TPSA) is 3.24 Å². The SMILES string of the molecule is CCCN(C)C(C)(CCC)C(C)C. The Balaban J connectivity index is 4.37. The lowest BCUT2D eigenvalue weighted by Gasteiger charge is -2.42. The number of rotatable bonds is 6. The maximum Gasteiger partial charge on any atom is 0.0201 e. The van der Waals surface area contributed by atoms with E-state index in [1.807, 2.05) is 0 Å². The minimum Gasteiger partial charge on any atom is -0.301 e. The van der Waals surface area contributed by atoms with E-state index in [0.29, 0.717) is 5.54 Å². The van der Waals surface area contributed by atoms with Gasteiger partial charge in [-0.15, -0.1) is 0 Å². The molecule has 1 atom stereocenters. The summed E-state index contributed by atoms with van der Waals surface area (Å²) in [7, 11) is 2.26. The largest absolute Gasteiger partial charge is 0.301 e. The molecule has 0 bridgehead atoms. The first-order valence-corrected chi connectivity index (χ1v) is 5.70. The van der Waals surface area contributed by atoms with E-state index in [0.717, 1.165) is 5.92 Å². The molecule has 0 heterocycles. The van der Waals surface area contributed by atoms with E-state index < -0.39 is 0 Å². The van der Waals surface area contributed by atoms with Crippen LogP contribution < -0.4 is 0 Å². The van der Waals surface area contributed by atoms with Crippen molar-refractivity contribution in [3.8, 4) is 0 Å². The van der Waals surface area contributed by atoms with E-state index in [4.69, 9.17) is 0 Å². The molecule has 0 spiro atoms. The van der Waals surface area contributed by atoms with Crippen LogP contribution in [0.1, 0.15) is 53.9 Å². The van der Waals surface area contributed by atoms with Crippen molar-refractivity contribution in [2.45, 2.75) is 59.4 Å². The van der Waals surface area contributed by atoms with Crippen molar-refractivity contribution in [2.24, 2.45) is 5.92 Å². The lowest BCUT2D eigenvalue weighted by Crippen LogP contribution is -2.48.